The summed E-state index contributed by atoms with van der Waals surface area (Å²) in [5.41, 5.74) is 0.282. The second kappa shape index (κ2) is 7.61. The molecule has 0 spiro atoms. The molecule has 1 atom stereocenters. The molecule has 0 aliphatic heterocycles. The number of rotatable bonds is 5. The third-order valence-electron chi connectivity index (χ3n) is 4.23. The molecule has 0 amide bonds. The maximum Gasteiger partial charge on any atom is 0.416 e. The second-order valence-electron chi connectivity index (χ2n) is 6.39. The van der Waals surface area contributed by atoms with E-state index < -0.39 is 30.2 Å². The molecule has 148 valence electrons. The van der Waals surface area contributed by atoms with Crippen molar-refractivity contribution in [3.8, 4) is 17.0 Å². The SMILES string of the molecule is Cc1ccc2c(NCC(O)CO)nnc(-c3ccc(C(F)(F)F)cc3O)c2c1. The van der Waals surface area contributed by atoms with Gasteiger partial charge >= 0.3 is 6.18 Å². The molecular weight excluding hydrogens is 375 g/mol. The number of anilines is 1. The van der Waals surface area contributed by atoms with Crippen LogP contribution in [0.25, 0.3) is 22.0 Å². The number of phenols is 1. The molecule has 1 heterocycles. The van der Waals surface area contributed by atoms with Crippen molar-refractivity contribution < 1.29 is 28.5 Å². The van der Waals surface area contributed by atoms with Crippen molar-refractivity contribution in [3.63, 3.8) is 0 Å². The lowest BCUT2D eigenvalue weighted by Crippen LogP contribution is -2.23. The van der Waals surface area contributed by atoms with E-state index in [1.807, 2.05) is 13.0 Å². The molecule has 0 aliphatic carbocycles. The Morgan fingerprint density at radius 3 is 2.46 bits per heavy atom. The molecule has 6 nitrogen and oxygen atoms in total. The smallest absolute Gasteiger partial charge is 0.416 e. The van der Waals surface area contributed by atoms with Crippen molar-refractivity contribution >= 4 is 16.6 Å². The molecule has 0 saturated heterocycles. The zero-order valence-corrected chi connectivity index (χ0v) is 14.8. The first-order chi connectivity index (χ1) is 13.2. The predicted molar refractivity (Wildman–Crippen MR) is 98.0 cm³/mol. The fourth-order valence-corrected chi connectivity index (χ4v) is 2.79. The maximum absolute atomic E-state index is 12.9. The Kier molecular flexibility index (Phi) is 5.39. The Hall–Kier alpha value is -2.91. The van der Waals surface area contributed by atoms with Crippen molar-refractivity contribution in [1.29, 1.82) is 0 Å². The fraction of sp³-hybridized carbons (Fsp3) is 0.263. The molecule has 0 aliphatic rings. The number of aryl methyl sites for hydroxylation is 1. The monoisotopic (exact) mass is 393 g/mol. The number of alkyl halides is 3. The highest BCUT2D eigenvalue weighted by molar-refractivity contribution is 6.01. The zero-order valence-electron chi connectivity index (χ0n) is 14.8. The van der Waals surface area contributed by atoms with Crippen LogP contribution >= 0.6 is 0 Å². The lowest BCUT2D eigenvalue weighted by Gasteiger charge is -2.15. The first-order valence-electron chi connectivity index (χ1n) is 8.41. The van der Waals surface area contributed by atoms with Crippen LogP contribution in [-0.4, -0.2) is 44.8 Å². The number of aliphatic hydroxyl groups excluding tert-OH is 2. The third kappa shape index (κ3) is 4.00. The average molecular weight is 393 g/mol. The van der Waals surface area contributed by atoms with Gasteiger partial charge in [0.05, 0.1) is 18.3 Å². The van der Waals surface area contributed by atoms with Gasteiger partial charge in [0.15, 0.2) is 5.82 Å². The fourth-order valence-electron chi connectivity index (χ4n) is 2.79. The van der Waals surface area contributed by atoms with Crippen molar-refractivity contribution in [2.24, 2.45) is 0 Å². The van der Waals surface area contributed by atoms with Crippen LogP contribution in [0.5, 0.6) is 5.75 Å². The van der Waals surface area contributed by atoms with E-state index in [-0.39, 0.29) is 17.8 Å². The summed E-state index contributed by atoms with van der Waals surface area (Å²) in [6.07, 6.45) is -5.55. The van der Waals surface area contributed by atoms with Crippen LogP contribution in [0.4, 0.5) is 19.0 Å². The van der Waals surface area contributed by atoms with E-state index in [1.165, 1.54) is 0 Å². The number of phenolic OH excluding ortho intramolecular Hbond substituents is 1. The van der Waals surface area contributed by atoms with Crippen molar-refractivity contribution in [2.45, 2.75) is 19.2 Å². The minimum atomic E-state index is -4.57. The summed E-state index contributed by atoms with van der Waals surface area (Å²) in [6.45, 7) is 1.47. The molecule has 9 heteroatoms. The Balaban J connectivity index is 2.11. The van der Waals surface area contributed by atoms with Gasteiger partial charge in [-0.15, -0.1) is 10.2 Å². The summed E-state index contributed by atoms with van der Waals surface area (Å²) in [6, 6.07) is 8.06. The predicted octanol–water partition coefficient (Wildman–Crippen LogP) is 3.09. The van der Waals surface area contributed by atoms with Gasteiger partial charge in [-0.05, 0) is 31.2 Å². The van der Waals surface area contributed by atoms with Gasteiger partial charge in [0.1, 0.15) is 11.4 Å². The standard InChI is InChI=1S/C19H18F3N3O3/c1-10-2-4-13-15(6-10)17(24-25-18(13)23-8-12(27)9-26)14-5-3-11(7-16(14)28)19(20,21)22/h2-7,12,26-28H,8-9H2,1H3,(H,23,25). The molecule has 0 bridgehead atoms. The number of aromatic hydroxyl groups is 1. The van der Waals surface area contributed by atoms with Gasteiger partial charge in [-0.25, -0.2) is 0 Å². The Bertz CT molecular complexity index is 1010. The van der Waals surface area contributed by atoms with Crippen LogP contribution in [0, 0.1) is 6.92 Å². The Morgan fingerprint density at radius 2 is 1.82 bits per heavy atom. The van der Waals surface area contributed by atoms with E-state index in [2.05, 4.69) is 15.5 Å². The lowest BCUT2D eigenvalue weighted by molar-refractivity contribution is -0.137. The van der Waals surface area contributed by atoms with Gasteiger partial charge in [-0.1, -0.05) is 17.7 Å². The minimum absolute atomic E-state index is 0.0407. The maximum atomic E-state index is 12.9. The van der Waals surface area contributed by atoms with Crippen LogP contribution in [0.1, 0.15) is 11.1 Å². The molecular formula is C19H18F3N3O3. The van der Waals surface area contributed by atoms with E-state index in [0.29, 0.717) is 22.7 Å². The highest BCUT2D eigenvalue weighted by atomic mass is 19.4. The molecule has 1 unspecified atom stereocenters. The van der Waals surface area contributed by atoms with Crippen molar-refractivity contribution in [3.05, 3.63) is 47.5 Å². The Morgan fingerprint density at radius 1 is 1.07 bits per heavy atom. The quantitative estimate of drug-likeness (QED) is 0.532. The topological polar surface area (TPSA) is 98.5 Å². The number of fused-ring (bicyclic) bond motifs is 1. The molecule has 3 rings (SSSR count). The number of halogens is 3. The molecule has 0 fully saturated rings. The summed E-state index contributed by atoms with van der Waals surface area (Å²) in [5, 5.41) is 40.8. The van der Waals surface area contributed by atoms with Crippen LogP contribution in [0.2, 0.25) is 0 Å². The Labute approximate surface area is 158 Å². The van der Waals surface area contributed by atoms with Gasteiger partial charge in [0.2, 0.25) is 0 Å². The summed E-state index contributed by atoms with van der Waals surface area (Å²) >= 11 is 0. The van der Waals surface area contributed by atoms with E-state index in [1.54, 1.807) is 12.1 Å². The number of hydrogen-bond donors (Lipinski definition) is 4. The second-order valence-corrected chi connectivity index (χ2v) is 6.39. The number of aliphatic hydroxyl groups is 2. The van der Waals surface area contributed by atoms with Gasteiger partial charge in [0.25, 0.3) is 0 Å². The van der Waals surface area contributed by atoms with Crippen LogP contribution < -0.4 is 5.32 Å². The lowest BCUT2D eigenvalue weighted by atomic mass is 10.0. The largest absolute Gasteiger partial charge is 0.507 e. The summed E-state index contributed by atoms with van der Waals surface area (Å²) < 4.78 is 38.6. The highest BCUT2D eigenvalue weighted by Crippen LogP contribution is 2.38. The number of benzene rings is 2. The highest BCUT2D eigenvalue weighted by Gasteiger charge is 2.31. The van der Waals surface area contributed by atoms with Crippen molar-refractivity contribution in [1.82, 2.24) is 10.2 Å². The van der Waals surface area contributed by atoms with E-state index in [0.717, 1.165) is 17.7 Å². The van der Waals surface area contributed by atoms with Crippen molar-refractivity contribution in [2.75, 3.05) is 18.5 Å². The molecule has 2 aromatic carbocycles. The third-order valence-corrected chi connectivity index (χ3v) is 4.23. The molecule has 28 heavy (non-hydrogen) atoms. The van der Waals surface area contributed by atoms with Crippen LogP contribution in [0.3, 0.4) is 0 Å². The summed E-state index contributed by atoms with van der Waals surface area (Å²) in [4.78, 5) is 0. The van der Waals surface area contributed by atoms with Crippen LogP contribution in [0.15, 0.2) is 36.4 Å². The van der Waals surface area contributed by atoms with Gasteiger partial charge < -0.3 is 20.6 Å². The normalized spacial score (nSPS) is 12.9. The molecule has 0 saturated carbocycles. The number of nitrogens with one attached hydrogen (secondary N) is 1. The van der Waals surface area contributed by atoms with E-state index in [9.17, 15) is 23.4 Å². The molecule has 1 aromatic heterocycles. The number of aromatic nitrogens is 2. The van der Waals surface area contributed by atoms with Gasteiger partial charge in [0, 0.05) is 22.9 Å². The molecule has 3 aromatic rings. The number of hydrogen-bond acceptors (Lipinski definition) is 6. The first-order valence-corrected chi connectivity index (χ1v) is 8.41. The van der Waals surface area contributed by atoms with Crippen LogP contribution in [-0.2, 0) is 6.18 Å². The number of nitrogens with zero attached hydrogens (tertiary/aromatic N) is 2. The zero-order chi connectivity index (χ0) is 20.5. The average Bonchev–Trinajstić information content (AvgIpc) is 2.65. The first kappa shape index (κ1) is 19.8. The van der Waals surface area contributed by atoms with E-state index in [4.69, 9.17) is 5.11 Å². The van der Waals surface area contributed by atoms with Gasteiger partial charge in [-0.3, -0.25) is 0 Å². The van der Waals surface area contributed by atoms with Gasteiger partial charge in [-0.2, -0.15) is 13.2 Å². The molecule has 4 N–H and O–H groups in total. The summed E-state index contributed by atoms with van der Waals surface area (Å²) in [7, 11) is 0. The molecule has 0 radical (unpaired) electrons. The minimum Gasteiger partial charge on any atom is -0.507 e. The van der Waals surface area contributed by atoms with E-state index >= 15 is 0 Å². The summed E-state index contributed by atoms with van der Waals surface area (Å²) in [5.74, 6) is -0.207.